The van der Waals surface area contributed by atoms with Gasteiger partial charge in [0.25, 0.3) is 0 Å². The summed E-state index contributed by atoms with van der Waals surface area (Å²) in [5.74, 6) is -1.26. The number of carbonyl (C=O) groups is 2. The first-order chi connectivity index (χ1) is 8.54. The Hall–Kier alpha value is -1.34. The van der Waals surface area contributed by atoms with Gasteiger partial charge in [0.2, 0.25) is 0 Å². The number of hydrogen-bond donors (Lipinski definition) is 4. The maximum Gasteiger partial charge on any atom is 0.328 e. The summed E-state index contributed by atoms with van der Waals surface area (Å²) < 4.78 is 0. The van der Waals surface area contributed by atoms with Gasteiger partial charge in [0.15, 0.2) is 6.04 Å². The van der Waals surface area contributed by atoms with E-state index in [2.05, 4.69) is 22.5 Å². The molecule has 0 aliphatic carbocycles. The summed E-state index contributed by atoms with van der Waals surface area (Å²) in [5.41, 5.74) is 0. The fourth-order valence-electron chi connectivity index (χ4n) is 1.47. The van der Waals surface area contributed by atoms with Crippen LogP contribution in [-0.4, -0.2) is 65.9 Å². The second kappa shape index (κ2) is 9.67. The predicted molar refractivity (Wildman–Crippen MR) is 67.4 cm³/mol. The molecule has 0 fully saturated rings. The lowest BCUT2D eigenvalue weighted by molar-refractivity contribution is -0.140. The summed E-state index contributed by atoms with van der Waals surface area (Å²) in [6.45, 7) is 6.54. The lowest BCUT2D eigenvalue weighted by atomic mass is 10.3. The van der Waals surface area contributed by atoms with Crippen LogP contribution in [0.3, 0.4) is 0 Å². The number of carboxylic acids is 1. The molecule has 7 nitrogen and oxygen atoms in total. The third-order valence-electron chi connectivity index (χ3n) is 2.49. The molecule has 0 aliphatic heterocycles. The summed E-state index contributed by atoms with van der Waals surface area (Å²) in [7, 11) is 0. The molecule has 0 radical (unpaired) electrons. The number of hydrogen-bond acceptors (Lipinski definition) is 4. The zero-order valence-electron chi connectivity index (χ0n) is 11.0. The van der Waals surface area contributed by atoms with E-state index in [0.717, 1.165) is 19.5 Å². The van der Waals surface area contributed by atoms with Crippen molar-refractivity contribution in [2.45, 2.75) is 26.3 Å². The number of urea groups is 1. The average Bonchev–Trinajstić information content (AvgIpc) is 2.34. The minimum absolute atomic E-state index is 0.442. The molecule has 18 heavy (non-hydrogen) atoms. The quantitative estimate of drug-likeness (QED) is 0.446. The Bertz CT molecular complexity index is 261. The topological polar surface area (TPSA) is 102 Å². The van der Waals surface area contributed by atoms with E-state index >= 15 is 0 Å². The van der Waals surface area contributed by atoms with Crippen LogP contribution in [0.5, 0.6) is 0 Å². The molecule has 0 aromatic rings. The van der Waals surface area contributed by atoms with Gasteiger partial charge in [-0.1, -0.05) is 13.8 Å². The number of amides is 2. The fraction of sp³-hybridized carbons (Fsp3) is 0.818. The van der Waals surface area contributed by atoms with Crippen LogP contribution in [0.2, 0.25) is 0 Å². The van der Waals surface area contributed by atoms with Gasteiger partial charge in [0.1, 0.15) is 0 Å². The van der Waals surface area contributed by atoms with Crippen molar-refractivity contribution in [1.29, 1.82) is 0 Å². The maximum atomic E-state index is 11.3. The summed E-state index contributed by atoms with van der Waals surface area (Å²) in [6, 6.07) is -1.84. The summed E-state index contributed by atoms with van der Waals surface area (Å²) in [6.07, 6.45) is 1.05. The Morgan fingerprint density at radius 1 is 1.28 bits per heavy atom. The van der Waals surface area contributed by atoms with Gasteiger partial charge in [-0.2, -0.15) is 0 Å². The lowest BCUT2D eigenvalue weighted by Crippen LogP contribution is -2.49. The minimum atomic E-state index is -1.26. The van der Waals surface area contributed by atoms with Crippen LogP contribution in [0.4, 0.5) is 4.79 Å². The second-order valence-electron chi connectivity index (χ2n) is 3.91. The monoisotopic (exact) mass is 261 g/mol. The molecule has 1 atom stereocenters. The lowest BCUT2D eigenvalue weighted by Gasteiger charge is -2.20. The third-order valence-corrected chi connectivity index (χ3v) is 2.49. The first-order valence-corrected chi connectivity index (χ1v) is 6.15. The largest absolute Gasteiger partial charge is 0.480 e. The molecule has 0 rings (SSSR count). The van der Waals surface area contributed by atoms with Gasteiger partial charge in [0.05, 0.1) is 6.61 Å². The first-order valence-electron chi connectivity index (χ1n) is 6.15. The highest BCUT2D eigenvalue weighted by Crippen LogP contribution is 1.89. The summed E-state index contributed by atoms with van der Waals surface area (Å²) in [5, 5.41) is 22.1. The number of carboxylic acid groups (broad SMARTS) is 1. The van der Waals surface area contributed by atoms with Gasteiger partial charge in [-0.05, 0) is 19.5 Å². The van der Waals surface area contributed by atoms with Crippen LogP contribution in [0.1, 0.15) is 20.3 Å². The molecule has 1 unspecified atom stereocenters. The number of rotatable bonds is 9. The number of likely N-dealkylation sites (N-methyl/N-ethyl adjacent to an activating group) is 1. The van der Waals surface area contributed by atoms with Crippen LogP contribution < -0.4 is 10.6 Å². The highest BCUT2D eigenvalue weighted by Gasteiger charge is 2.18. The number of aliphatic hydroxyl groups is 1. The van der Waals surface area contributed by atoms with Gasteiger partial charge in [0, 0.05) is 13.1 Å². The molecule has 4 N–H and O–H groups in total. The van der Waals surface area contributed by atoms with Crippen LogP contribution >= 0.6 is 0 Å². The zero-order valence-corrected chi connectivity index (χ0v) is 11.0. The van der Waals surface area contributed by atoms with Crippen molar-refractivity contribution in [3.8, 4) is 0 Å². The van der Waals surface area contributed by atoms with Gasteiger partial charge >= 0.3 is 12.0 Å². The van der Waals surface area contributed by atoms with Crippen LogP contribution in [0.15, 0.2) is 0 Å². The van der Waals surface area contributed by atoms with E-state index < -0.39 is 24.6 Å². The van der Waals surface area contributed by atoms with E-state index in [1.807, 2.05) is 6.92 Å². The number of aliphatic hydroxyl groups excluding tert-OH is 1. The molecule has 0 aliphatic rings. The molecule has 0 aromatic carbocycles. The highest BCUT2D eigenvalue weighted by molar-refractivity contribution is 5.82. The number of aliphatic carboxylic acids is 1. The third kappa shape index (κ3) is 7.08. The molecule has 7 heteroatoms. The molecule has 2 amide bonds. The van der Waals surface area contributed by atoms with Gasteiger partial charge in [-0.25, -0.2) is 9.59 Å². The van der Waals surface area contributed by atoms with E-state index in [9.17, 15) is 9.59 Å². The van der Waals surface area contributed by atoms with Gasteiger partial charge < -0.3 is 25.7 Å². The molecular formula is C11H23N3O4. The SMILES string of the molecule is CCCN(CC)CCNC(=O)NC(CO)C(=O)O. The van der Waals surface area contributed by atoms with E-state index in [-0.39, 0.29) is 0 Å². The Balaban J connectivity index is 3.85. The van der Waals surface area contributed by atoms with Crippen molar-refractivity contribution in [3.05, 3.63) is 0 Å². The number of carbonyl (C=O) groups excluding carboxylic acids is 1. The van der Waals surface area contributed by atoms with Crippen molar-refractivity contribution in [3.63, 3.8) is 0 Å². The van der Waals surface area contributed by atoms with Crippen LogP contribution in [0.25, 0.3) is 0 Å². The van der Waals surface area contributed by atoms with Crippen molar-refractivity contribution >= 4 is 12.0 Å². The number of nitrogens with one attached hydrogen (secondary N) is 2. The highest BCUT2D eigenvalue weighted by atomic mass is 16.4. The molecule has 0 bridgehead atoms. The van der Waals surface area contributed by atoms with Crippen molar-refractivity contribution in [2.24, 2.45) is 0 Å². The Labute approximate surface area is 107 Å². The Morgan fingerprint density at radius 3 is 2.39 bits per heavy atom. The predicted octanol–water partition coefficient (Wildman–Crippen LogP) is -0.537. The zero-order chi connectivity index (χ0) is 14.0. The number of nitrogens with zero attached hydrogens (tertiary/aromatic N) is 1. The van der Waals surface area contributed by atoms with E-state index in [1.54, 1.807) is 0 Å². The fourth-order valence-corrected chi connectivity index (χ4v) is 1.47. The standard InChI is InChI=1S/C11H23N3O4/c1-3-6-14(4-2)7-5-12-11(18)13-9(8-15)10(16)17/h9,15H,3-8H2,1-2H3,(H,16,17)(H2,12,13,18). The average molecular weight is 261 g/mol. The molecule has 106 valence electrons. The minimum Gasteiger partial charge on any atom is -0.480 e. The van der Waals surface area contributed by atoms with Crippen LogP contribution in [-0.2, 0) is 4.79 Å². The Morgan fingerprint density at radius 2 is 1.94 bits per heavy atom. The Kier molecular flexibility index (Phi) is 8.95. The van der Waals surface area contributed by atoms with Gasteiger partial charge in [-0.15, -0.1) is 0 Å². The van der Waals surface area contributed by atoms with Gasteiger partial charge in [-0.3, -0.25) is 0 Å². The van der Waals surface area contributed by atoms with Crippen molar-refractivity contribution < 1.29 is 19.8 Å². The molecule has 0 heterocycles. The molecule has 0 saturated carbocycles. The summed E-state index contributed by atoms with van der Waals surface area (Å²) >= 11 is 0. The smallest absolute Gasteiger partial charge is 0.328 e. The molecular weight excluding hydrogens is 238 g/mol. The normalized spacial score (nSPS) is 12.2. The van der Waals surface area contributed by atoms with E-state index in [4.69, 9.17) is 10.2 Å². The van der Waals surface area contributed by atoms with Crippen molar-refractivity contribution in [2.75, 3.05) is 32.8 Å². The summed E-state index contributed by atoms with van der Waals surface area (Å²) in [4.78, 5) is 24.1. The van der Waals surface area contributed by atoms with E-state index in [0.29, 0.717) is 13.1 Å². The van der Waals surface area contributed by atoms with E-state index in [1.165, 1.54) is 0 Å². The van der Waals surface area contributed by atoms with Crippen molar-refractivity contribution in [1.82, 2.24) is 15.5 Å². The molecule has 0 aromatic heterocycles. The first kappa shape index (κ1) is 16.7. The molecule has 0 saturated heterocycles. The second-order valence-corrected chi connectivity index (χ2v) is 3.91. The van der Waals surface area contributed by atoms with Crippen LogP contribution in [0, 0.1) is 0 Å². The maximum absolute atomic E-state index is 11.3. The molecule has 0 spiro atoms.